The molecular weight excluding hydrogens is 439 g/mol. The number of amides is 1. The van der Waals surface area contributed by atoms with Crippen LogP contribution in [-0.4, -0.2) is 44.2 Å². The van der Waals surface area contributed by atoms with Gasteiger partial charge >= 0.3 is 0 Å². The summed E-state index contributed by atoms with van der Waals surface area (Å²) < 4.78 is 25.0. The fourth-order valence-corrected chi connectivity index (χ4v) is 4.53. The Hall–Kier alpha value is -1.25. The Bertz CT molecular complexity index is 909. The monoisotopic (exact) mass is 460 g/mol. The van der Waals surface area contributed by atoms with Gasteiger partial charge in [0, 0.05) is 35.1 Å². The van der Waals surface area contributed by atoms with E-state index in [0.717, 1.165) is 16.1 Å². The molecule has 0 saturated carbocycles. The smallest absolute Gasteiger partial charge is 0.243 e. The zero-order valence-corrected chi connectivity index (χ0v) is 18.7. The Morgan fingerprint density at radius 1 is 1.18 bits per heavy atom. The van der Waals surface area contributed by atoms with E-state index < -0.39 is 16.1 Å². The molecule has 0 aliphatic heterocycles. The molecule has 152 valence electrons. The topological polar surface area (TPSA) is 66.5 Å². The molecule has 1 N–H and O–H groups in total. The van der Waals surface area contributed by atoms with Gasteiger partial charge < -0.3 is 5.32 Å². The third-order valence-corrected chi connectivity index (χ3v) is 6.92. The van der Waals surface area contributed by atoms with E-state index >= 15 is 0 Å². The van der Waals surface area contributed by atoms with E-state index in [4.69, 9.17) is 23.2 Å². The normalized spacial score (nSPS) is 12.8. The largest absolute Gasteiger partial charge is 0.354 e. The number of carbonyl (C=O) groups is 1. The summed E-state index contributed by atoms with van der Waals surface area (Å²) in [4.78, 5) is 12.7. The van der Waals surface area contributed by atoms with Gasteiger partial charge in [-0.25, -0.2) is 8.42 Å². The molecule has 2 rings (SSSR count). The van der Waals surface area contributed by atoms with Crippen LogP contribution in [0.1, 0.15) is 17.2 Å². The third kappa shape index (κ3) is 6.67. The molecule has 0 bridgehead atoms. The Kier molecular flexibility index (Phi) is 8.64. The lowest BCUT2D eigenvalue weighted by molar-refractivity contribution is -0.124. The second-order valence-corrected chi connectivity index (χ2v) is 10.2. The molecule has 9 heteroatoms. The molecule has 0 aliphatic carbocycles. The number of thioether (sulfide) groups is 1. The molecule has 0 saturated heterocycles. The van der Waals surface area contributed by atoms with E-state index in [-0.39, 0.29) is 5.91 Å². The highest BCUT2D eigenvalue weighted by Gasteiger charge is 2.30. The van der Waals surface area contributed by atoms with Gasteiger partial charge in [0.25, 0.3) is 0 Å². The van der Waals surface area contributed by atoms with Crippen LogP contribution < -0.4 is 5.32 Å². The van der Waals surface area contributed by atoms with Crippen LogP contribution in [0.4, 0.5) is 0 Å². The minimum atomic E-state index is -3.53. The molecule has 2 aromatic rings. The van der Waals surface area contributed by atoms with Crippen molar-refractivity contribution in [3.05, 3.63) is 69.7 Å². The Morgan fingerprint density at radius 3 is 2.46 bits per heavy atom. The first-order valence-electron chi connectivity index (χ1n) is 8.47. The first-order valence-corrected chi connectivity index (χ1v) is 12.2. The number of sulfonamides is 1. The van der Waals surface area contributed by atoms with E-state index in [1.54, 1.807) is 48.2 Å². The van der Waals surface area contributed by atoms with Crippen molar-refractivity contribution in [1.29, 1.82) is 0 Å². The lowest BCUT2D eigenvalue weighted by atomic mass is 10.1. The van der Waals surface area contributed by atoms with Crippen LogP contribution in [0.2, 0.25) is 10.0 Å². The van der Waals surface area contributed by atoms with Gasteiger partial charge in [0.2, 0.25) is 15.9 Å². The third-order valence-electron chi connectivity index (χ3n) is 4.07. The summed E-state index contributed by atoms with van der Waals surface area (Å²) in [7, 11) is -2.13. The van der Waals surface area contributed by atoms with Crippen molar-refractivity contribution in [3.63, 3.8) is 0 Å². The van der Waals surface area contributed by atoms with Crippen LogP contribution in [0.3, 0.4) is 0 Å². The van der Waals surface area contributed by atoms with Crippen LogP contribution in [-0.2, 0) is 20.6 Å². The zero-order valence-electron chi connectivity index (χ0n) is 15.6. The number of rotatable bonds is 9. The molecule has 0 heterocycles. The van der Waals surface area contributed by atoms with Crippen molar-refractivity contribution in [2.75, 3.05) is 25.6 Å². The molecule has 0 spiro atoms. The second-order valence-electron chi connectivity index (χ2n) is 6.17. The van der Waals surface area contributed by atoms with Gasteiger partial charge in [0.15, 0.2) is 0 Å². The lowest BCUT2D eigenvalue weighted by Gasteiger charge is -2.25. The summed E-state index contributed by atoms with van der Waals surface area (Å²) in [5.74, 6) is 0.996. The number of likely N-dealkylation sites (N-methyl/N-ethyl adjacent to an activating group) is 1. The highest BCUT2D eigenvalue weighted by molar-refractivity contribution is 7.98. The van der Waals surface area contributed by atoms with Crippen LogP contribution in [0.5, 0.6) is 0 Å². The summed E-state index contributed by atoms with van der Waals surface area (Å²) in [6.45, 7) is 0.412. The first kappa shape index (κ1) is 23.0. The van der Waals surface area contributed by atoms with Crippen molar-refractivity contribution in [2.24, 2.45) is 0 Å². The second kappa shape index (κ2) is 10.5. The van der Waals surface area contributed by atoms with Crippen LogP contribution in [0.25, 0.3) is 0 Å². The molecular formula is C19H22Cl2N2O3S2. The maximum absolute atomic E-state index is 12.7. The SMILES string of the molecule is CN([C@H](C(=O)NCCSCc1ccc(Cl)cc1Cl)c1ccccc1)S(C)(=O)=O. The maximum atomic E-state index is 12.7. The maximum Gasteiger partial charge on any atom is 0.243 e. The van der Waals surface area contributed by atoms with Crippen molar-refractivity contribution in [2.45, 2.75) is 11.8 Å². The number of hydrogen-bond donors (Lipinski definition) is 1. The van der Waals surface area contributed by atoms with Gasteiger partial charge in [0.1, 0.15) is 6.04 Å². The van der Waals surface area contributed by atoms with E-state index in [1.807, 2.05) is 12.1 Å². The molecule has 1 amide bonds. The van der Waals surface area contributed by atoms with Crippen molar-refractivity contribution >= 4 is 50.9 Å². The van der Waals surface area contributed by atoms with E-state index in [9.17, 15) is 13.2 Å². The molecule has 2 aromatic carbocycles. The van der Waals surface area contributed by atoms with Crippen molar-refractivity contribution in [1.82, 2.24) is 9.62 Å². The molecule has 1 atom stereocenters. The van der Waals surface area contributed by atoms with Crippen molar-refractivity contribution in [3.8, 4) is 0 Å². The number of carbonyl (C=O) groups excluding carboxylic acids is 1. The van der Waals surface area contributed by atoms with Crippen LogP contribution in [0, 0.1) is 0 Å². The van der Waals surface area contributed by atoms with Gasteiger partial charge in [-0.1, -0.05) is 59.6 Å². The summed E-state index contributed by atoms with van der Waals surface area (Å²) in [5, 5.41) is 4.03. The molecule has 0 radical (unpaired) electrons. The standard InChI is InChI=1S/C19H22Cl2N2O3S2/c1-23(28(2,25)26)18(14-6-4-3-5-7-14)19(24)22-10-11-27-13-15-8-9-16(20)12-17(15)21/h3-9,12,18H,10-11,13H2,1-2H3,(H,22,24)/t18-/m0/s1. The fraction of sp³-hybridized carbons (Fsp3) is 0.316. The molecule has 0 aromatic heterocycles. The van der Waals surface area contributed by atoms with Gasteiger partial charge in [-0.3, -0.25) is 4.79 Å². The van der Waals surface area contributed by atoms with E-state index in [0.29, 0.717) is 33.7 Å². The number of nitrogens with zero attached hydrogens (tertiary/aromatic N) is 1. The van der Waals surface area contributed by atoms with E-state index in [2.05, 4.69) is 5.32 Å². The number of benzene rings is 2. The zero-order chi connectivity index (χ0) is 20.7. The predicted octanol–water partition coefficient (Wildman–Crippen LogP) is 3.98. The summed E-state index contributed by atoms with van der Waals surface area (Å²) >= 11 is 13.7. The molecule has 0 fully saturated rings. The average Bonchev–Trinajstić information content (AvgIpc) is 2.63. The minimum Gasteiger partial charge on any atom is -0.354 e. The average molecular weight is 461 g/mol. The Labute approximate surface area is 180 Å². The van der Waals surface area contributed by atoms with Crippen molar-refractivity contribution < 1.29 is 13.2 Å². The molecule has 0 unspecified atom stereocenters. The first-order chi connectivity index (χ1) is 13.2. The van der Waals surface area contributed by atoms with E-state index in [1.165, 1.54) is 7.05 Å². The van der Waals surface area contributed by atoms with Gasteiger partial charge in [-0.15, -0.1) is 0 Å². The van der Waals surface area contributed by atoms with Crippen LogP contribution >= 0.6 is 35.0 Å². The Balaban J connectivity index is 1.93. The van der Waals surface area contributed by atoms with Crippen LogP contribution in [0.15, 0.2) is 48.5 Å². The Morgan fingerprint density at radius 2 is 1.86 bits per heavy atom. The predicted molar refractivity (Wildman–Crippen MR) is 117 cm³/mol. The fourth-order valence-electron chi connectivity index (χ4n) is 2.52. The number of hydrogen-bond acceptors (Lipinski definition) is 4. The number of halogens is 2. The summed E-state index contributed by atoms with van der Waals surface area (Å²) in [6.07, 6.45) is 1.09. The highest BCUT2D eigenvalue weighted by Crippen LogP contribution is 2.25. The number of nitrogens with one attached hydrogen (secondary N) is 1. The highest BCUT2D eigenvalue weighted by atomic mass is 35.5. The quantitative estimate of drug-likeness (QED) is 0.574. The van der Waals surface area contributed by atoms with Gasteiger partial charge in [-0.05, 0) is 23.3 Å². The summed E-state index contributed by atoms with van der Waals surface area (Å²) in [5.41, 5.74) is 1.59. The van der Waals surface area contributed by atoms with Gasteiger partial charge in [0.05, 0.1) is 6.26 Å². The molecule has 0 aliphatic rings. The molecule has 5 nitrogen and oxygen atoms in total. The lowest BCUT2D eigenvalue weighted by Crippen LogP contribution is -2.41. The summed E-state index contributed by atoms with van der Waals surface area (Å²) in [6, 6.07) is 13.3. The van der Waals surface area contributed by atoms with Gasteiger partial charge in [-0.2, -0.15) is 16.1 Å². The molecule has 28 heavy (non-hydrogen) atoms. The minimum absolute atomic E-state index is 0.357.